The van der Waals surface area contributed by atoms with Crippen molar-refractivity contribution in [2.75, 3.05) is 13.1 Å². The minimum Gasteiger partial charge on any atom is -0.329 e. The van der Waals surface area contributed by atoms with Gasteiger partial charge in [-0.1, -0.05) is 62.4 Å². The first-order valence-electron chi connectivity index (χ1n) is 11.0. The molecule has 6 heteroatoms. The van der Waals surface area contributed by atoms with Crippen molar-refractivity contribution in [1.29, 1.82) is 0 Å². The van der Waals surface area contributed by atoms with E-state index in [4.69, 9.17) is 10.7 Å². The molecule has 0 aliphatic heterocycles. The molecule has 1 unspecified atom stereocenters. The fourth-order valence-electron chi connectivity index (χ4n) is 3.97. The number of amides is 1. The Hall–Kier alpha value is -3.25. The van der Waals surface area contributed by atoms with Crippen LogP contribution in [0.4, 0.5) is 0 Å². The molecular formula is C26H32N4O2. The van der Waals surface area contributed by atoms with Gasteiger partial charge in [-0.15, -0.1) is 0 Å². The van der Waals surface area contributed by atoms with Gasteiger partial charge < -0.3 is 10.6 Å². The van der Waals surface area contributed by atoms with Crippen LogP contribution < -0.4 is 11.3 Å². The second kappa shape index (κ2) is 10.4. The van der Waals surface area contributed by atoms with Crippen LogP contribution in [0.1, 0.15) is 52.9 Å². The summed E-state index contributed by atoms with van der Waals surface area (Å²) in [5.41, 5.74) is 8.73. The molecule has 0 bridgehead atoms. The van der Waals surface area contributed by atoms with Crippen molar-refractivity contribution in [3.63, 3.8) is 0 Å². The molecule has 1 amide bonds. The van der Waals surface area contributed by atoms with Gasteiger partial charge in [-0.3, -0.25) is 14.2 Å². The topological polar surface area (TPSA) is 81.2 Å². The standard InChI is InChI=1S/C26H32N4O2/c1-18(2)23(29(16-15-27)26(32)22-13-9-6-10-14-22)24-28-20(4)19(3)25(31)30(24)17-21-11-7-5-8-12-21/h5-14,18,23H,15-17,27H2,1-4H3. The molecule has 2 aromatic carbocycles. The average Bonchev–Trinajstić information content (AvgIpc) is 2.80. The quantitative estimate of drug-likeness (QED) is 0.588. The number of nitrogens with zero attached hydrogens (tertiary/aromatic N) is 3. The number of hydrogen-bond donors (Lipinski definition) is 1. The van der Waals surface area contributed by atoms with Gasteiger partial charge in [0.2, 0.25) is 0 Å². The maximum Gasteiger partial charge on any atom is 0.257 e. The van der Waals surface area contributed by atoms with Gasteiger partial charge in [-0.05, 0) is 37.5 Å². The smallest absolute Gasteiger partial charge is 0.257 e. The van der Waals surface area contributed by atoms with E-state index in [9.17, 15) is 9.59 Å². The molecule has 0 aliphatic carbocycles. The summed E-state index contributed by atoms with van der Waals surface area (Å²) in [4.78, 5) is 33.5. The predicted octanol–water partition coefficient (Wildman–Crippen LogP) is 3.71. The second-order valence-electron chi connectivity index (χ2n) is 8.40. The molecule has 0 aliphatic rings. The first-order chi connectivity index (χ1) is 15.3. The third-order valence-corrected chi connectivity index (χ3v) is 5.73. The van der Waals surface area contributed by atoms with E-state index in [-0.39, 0.29) is 17.4 Å². The summed E-state index contributed by atoms with van der Waals surface area (Å²) >= 11 is 0. The van der Waals surface area contributed by atoms with E-state index in [0.29, 0.717) is 42.3 Å². The number of aryl methyl sites for hydroxylation is 1. The zero-order valence-corrected chi connectivity index (χ0v) is 19.3. The van der Waals surface area contributed by atoms with Gasteiger partial charge in [0, 0.05) is 29.9 Å². The molecule has 3 aromatic rings. The van der Waals surface area contributed by atoms with Crippen molar-refractivity contribution in [3.8, 4) is 0 Å². The molecule has 1 aromatic heterocycles. The van der Waals surface area contributed by atoms with E-state index in [1.54, 1.807) is 28.5 Å². The Kier molecular flexibility index (Phi) is 7.59. The largest absolute Gasteiger partial charge is 0.329 e. The third kappa shape index (κ3) is 4.97. The summed E-state index contributed by atoms with van der Waals surface area (Å²) in [5, 5.41) is 0. The van der Waals surface area contributed by atoms with Gasteiger partial charge in [-0.25, -0.2) is 4.98 Å². The van der Waals surface area contributed by atoms with Gasteiger partial charge in [0.25, 0.3) is 11.5 Å². The number of rotatable bonds is 8. The van der Waals surface area contributed by atoms with Crippen LogP contribution in [0.15, 0.2) is 65.5 Å². The van der Waals surface area contributed by atoms with Crippen LogP contribution in [0, 0.1) is 19.8 Å². The summed E-state index contributed by atoms with van der Waals surface area (Å²) in [7, 11) is 0. The van der Waals surface area contributed by atoms with Crippen molar-refractivity contribution in [2.24, 2.45) is 11.7 Å². The molecule has 3 rings (SSSR count). The summed E-state index contributed by atoms with van der Waals surface area (Å²) in [6.45, 7) is 8.80. The van der Waals surface area contributed by atoms with E-state index in [1.807, 2.05) is 69.3 Å². The van der Waals surface area contributed by atoms with Gasteiger partial charge in [0.05, 0.1) is 12.6 Å². The second-order valence-corrected chi connectivity index (χ2v) is 8.40. The molecule has 32 heavy (non-hydrogen) atoms. The normalized spacial score (nSPS) is 12.1. The average molecular weight is 433 g/mol. The number of benzene rings is 2. The van der Waals surface area contributed by atoms with Crippen molar-refractivity contribution in [3.05, 3.63) is 99.2 Å². The van der Waals surface area contributed by atoms with Crippen LogP contribution in [0.25, 0.3) is 0 Å². The van der Waals surface area contributed by atoms with Crippen LogP contribution in [0.5, 0.6) is 0 Å². The molecule has 1 atom stereocenters. The van der Waals surface area contributed by atoms with Crippen LogP contribution in [0.2, 0.25) is 0 Å². The van der Waals surface area contributed by atoms with Crippen LogP contribution in [-0.2, 0) is 6.54 Å². The van der Waals surface area contributed by atoms with Crippen LogP contribution >= 0.6 is 0 Å². The number of hydrogen-bond acceptors (Lipinski definition) is 4. The van der Waals surface area contributed by atoms with Crippen molar-refractivity contribution in [1.82, 2.24) is 14.5 Å². The lowest BCUT2D eigenvalue weighted by Crippen LogP contribution is -2.44. The van der Waals surface area contributed by atoms with Crippen LogP contribution in [-0.4, -0.2) is 33.4 Å². The summed E-state index contributed by atoms with van der Waals surface area (Å²) in [6.07, 6.45) is 0. The van der Waals surface area contributed by atoms with E-state index in [0.717, 1.165) is 5.56 Å². The maximum atomic E-state index is 13.5. The predicted molar refractivity (Wildman–Crippen MR) is 128 cm³/mol. The van der Waals surface area contributed by atoms with Crippen molar-refractivity contribution < 1.29 is 4.79 Å². The minimum absolute atomic E-state index is 0.0187. The highest BCUT2D eigenvalue weighted by Gasteiger charge is 2.32. The fourth-order valence-corrected chi connectivity index (χ4v) is 3.97. The van der Waals surface area contributed by atoms with Gasteiger partial charge in [0.1, 0.15) is 5.82 Å². The zero-order valence-electron chi connectivity index (χ0n) is 19.3. The van der Waals surface area contributed by atoms with E-state index < -0.39 is 6.04 Å². The lowest BCUT2D eigenvalue weighted by molar-refractivity contribution is 0.0611. The van der Waals surface area contributed by atoms with Gasteiger partial charge >= 0.3 is 0 Å². The lowest BCUT2D eigenvalue weighted by Gasteiger charge is -2.35. The molecular weight excluding hydrogens is 400 g/mol. The Balaban J connectivity index is 2.17. The maximum absolute atomic E-state index is 13.5. The first-order valence-corrected chi connectivity index (χ1v) is 11.0. The summed E-state index contributed by atoms with van der Waals surface area (Å²) in [5.74, 6) is 0.494. The Morgan fingerprint density at radius 2 is 1.62 bits per heavy atom. The molecule has 1 heterocycles. The molecule has 168 valence electrons. The van der Waals surface area contributed by atoms with E-state index in [1.165, 1.54) is 0 Å². The third-order valence-electron chi connectivity index (χ3n) is 5.73. The van der Waals surface area contributed by atoms with Crippen molar-refractivity contribution >= 4 is 5.91 Å². The molecule has 0 radical (unpaired) electrons. The molecule has 0 saturated heterocycles. The van der Waals surface area contributed by atoms with E-state index >= 15 is 0 Å². The lowest BCUT2D eigenvalue weighted by atomic mass is 9.99. The SMILES string of the molecule is Cc1nc(C(C(C)C)N(CCN)C(=O)c2ccccc2)n(Cc2ccccc2)c(=O)c1C. The number of nitrogens with two attached hydrogens (primary N) is 1. The summed E-state index contributed by atoms with van der Waals surface area (Å²) in [6, 6.07) is 18.6. The number of aromatic nitrogens is 2. The van der Waals surface area contributed by atoms with Crippen LogP contribution in [0.3, 0.4) is 0 Å². The Morgan fingerprint density at radius 1 is 1.03 bits per heavy atom. The Morgan fingerprint density at radius 3 is 2.19 bits per heavy atom. The summed E-state index contributed by atoms with van der Waals surface area (Å²) < 4.78 is 1.71. The Labute approximate surface area is 189 Å². The number of carbonyl (C=O) groups excluding carboxylic acids is 1. The van der Waals surface area contributed by atoms with Crippen molar-refractivity contribution in [2.45, 2.75) is 40.3 Å². The highest BCUT2D eigenvalue weighted by Crippen LogP contribution is 2.29. The first kappa shape index (κ1) is 23.4. The molecule has 0 saturated carbocycles. The fraction of sp³-hybridized carbons (Fsp3) is 0.346. The molecule has 0 spiro atoms. The highest BCUT2D eigenvalue weighted by atomic mass is 16.2. The van der Waals surface area contributed by atoms with Gasteiger partial charge in [0.15, 0.2) is 0 Å². The molecule has 0 fully saturated rings. The minimum atomic E-state index is -0.401. The molecule has 2 N–H and O–H groups in total. The zero-order chi connectivity index (χ0) is 23.3. The Bertz CT molecular complexity index is 1110. The monoisotopic (exact) mass is 432 g/mol. The highest BCUT2D eigenvalue weighted by molar-refractivity contribution is 5.94. The molecule has 6 nitrogen and oxygen atoms in total. The van der Waals surface area contributed by atoms with Gasteiger partial charge in [-0.2, -0.15) is 0 Å². The van der Waals surface area contributed by atoms with E-state index in [2.05, 4.69) is 0 Å². The number of carbonyl (C=O) groups is 1.